The van der Waals surface area contributed by atoms with Gasteiger partial charge in [0.1, 0.15) is 10.8 Å². The number of fused-ring (bicyclic) bond motifs is 1. The van der Waals surface area contributed by atoms with Crippen LogP contribution in [0.15, 0.2) is 65.2 Å². The van der Waals surface area contributed by atoms with Crippen LogP contribution in [0.25, 0.3) is 0 Å². The number of aromatic nitrogens is 4. The zero-order valence-corrected chi connectivity index (χ0v) is 15.9. The third-order valence-corrected chi connectivity index (χ3v) is 6.66. The summed E-state index contributed by atoms with van der Waals surface area (Å²) >= 11 is 1.61. The van der Waals surface area contributed by atoms with E-state index in [4.69, 9.17) is 0 Å². The monoisotopic (exact) mass is 375 g/mol. The number of hydrogen-bond acceptors (Lipinski definition) is 6. The zero-order chi connectivity index (χ0) is 18.1. The summed E-state index contributed by atoms with van der Waals surface area (Å²) in [5, 5.41) is 0.913. The molecule has 0 amide bonds. The predicted molar refractivity (Wildman–Crippen MR) is 106 cm³/mol. The Labute approximate surface area is 163 Å². The fourth-order valence-corrected chi connectivity index (χ4v) is 4.94. The smallest absolute Gasteiger partial charge is 0.147 e. The van der Waals surface area contributed by atoms with Gasteiger partial charge in [-0.3, -0.25) is 9.97 Å². The molecule has 5 rings (SSSR count). The maximum absolute atomic E-state index is 4.67. The van der Waals surface area contributed by atoms with Crippen LogP contribution in [0.2, 0.25) is 0 Å². The Kier molecular flexibility index (Phi) is 4.28. The average Bonchev–Trinajstić information content (AvgIpc) is 3.08. The largest absolute Gasteiger partial charge is 0.355 e. The molecule has 0 aromatic carbocycles. The molecule has 4 heterocycles. The van der Waals surface area contributed by atoms with E-state index in [2.05, 4.69) is 37.0 Å². The fourth-order valence-electron chi connectivity index (χ4n) is 4.23. The Bertz CT molecular complexity index is 894. The van der Waals surface area contributed by atoms with Crippen molar-refractivity contribution >= 4 is 17.6 Å². The summed E-state index contributed by atoms with van der Waals surface area (Å²) in [7, 11) is 0. The number of nitrogens with zero attached hydrogens (tertiary/aromatic N) is 5. The molecule has 1 aliphatic heterocycles. The van der Waals surface area contributed by atoms with Crippen molar-refractivity contribution in [2.45, 2.75) is 35.6 Å². The van der Waals surface area contributed by atoms with Gasteiger partial charge in [0.05, 0.1) is 12.4 Å². The quantitative estimate of drug-likeness (QED) is 0.694. The summed E-state index contributed by atoms with van der Waals surface area (Å²) in [4.78, 5) is 21.4. The van der Waals surface area contributed by atoms with E-state index in [0.29, 0.717) is 5.41 Å². The van der Waals surface area contributed by atoms with E-state index >= 15 is 0 Å². The summed E-state index contributed by atoms with van der Waals surface area (Å²) < 4.78 is 0. The van der Waals surface area contributed by atoms with Gasteiger partial charge in [0, 0.05) is 42.3 Å². The molecule has 1 aliphatic carbocycles. The van der Waals surface area contributed by atoms with E-state index in [0.717, 1.165) is 35.2 Å². The molecule has 1 spiro atoms. The van der Waals surface area contributed by atoms with Gasteiger partial charge in [-0.2, -0.15) is 0 Å². The van der Waals surface area contributed by atoms with Crippen molar-refractivity contribution in [3.63, 3.8) is 0 Å². The number of pyridine rings is 2. The van der Waals surface area contributed by atoms with Gasteiger partial charge in [-0.05, 0) is 54.9 Å². The van der Waals surface area contributed by atoms with Gasteiger partial charge in [-0.1, -0.05) is 17.8 Å². The molecule has 0 radical (unpaired) electrons. The van der Waals surface area contributed by atoms with Crippen molar-refractivity contribution in [2.75, 3.05) is 18.0 Å². The highest BCUT2D eigenvalue weighted by molar-refractivity contribution is 7.99. The SMILES string of the molecule is c1cnc2c(c1)CC1(CCN(c3cnc(Sc4ccncc4)cn3)CC1)C2. The van der Waals surface area contributed by atoms with E-state index < -0.39 is 0 Å². The molecule has 5 nitrogen and oxygen atoms in total. The van der Waals surface area contributed by atoms with Crippen molar-refractivity contribution in [1.82, 2.24) is 19.9 Å². The molecule has 3 aromatic heterocycles. The highest BCUT2D eigenvalue weighted by Gasteiger charge is 2.40. The Hall–Kier alpha value is -2.47. The van der Waals surface area contributed by atoms with Gasteiger partial charge in [-0.15, -0.1) is 0 Å². The zero-order valence-electron chi connectivity index (χ0n) is 15.1. The van der Waals surface area contributed by atoms with Crippen molar-refractivity contribution in [3.05, 3.63) is 66.5 Å². The summed E-state index contributed by atoms with van der Waals surface area (Å²) in [6.07, 6.45) is 14.0. The van der Waals surface area contributed by atoms with E-state index in [1.807, 2.05) is 30.7 Å². The molecule has 2 aliphatic rings. The van der Waals surface area contributed by atoms with Crippen LogP contribution in [0, 0.1) is 5.41 Å². The lowest BCUT2D eigenvalue weighted by atomic mass is 9.76. The molecule has 1 saturated heterocycles. The minimum Gasteiger partial charge on any atom is -0.355 e. The molecule has 1 fully saturated rings. The molecule has 0 N–H and O–H groups in total. The molecule has 6 heteroatoms. The molecular weight excluding hydrogens is 354 g/mol. The lowest BCUT2D eigenvalue weighted by Gasteiger charge is -2.39. The lowest BCUT2D eigenvalue weighted by Crippen LogP contribution is -2.41. The van der Waals surface area contributed by atoms with Crippen LogP contribution in [0.4, 0.5) is 5.82 Å². The highest BCUT2D eigenvalue weighted by atomic mass is 32.2. The molecule has 0 atom stereocenters. The summed E-state index contributed by atoms with van der Waals surface area (Å²) in [5.41, 5.74) is 3.16. The predicted octanol–water partition coefficient (Wildman–Crippen LogP) is 3.80. The van der Waals surface area contributed by atoms with Crippen molar-refractivity contribution in [1.29, 1.82) is 0 Å². The third-order valence-electron chi connectivity index (χ3n) is 5.73. The third kappa shape index (κ3) is 3.41. The molecule has 0 unspecified atom stereocenters. The Morgan fingerprint density at radius 1 is 0.889 bits per heavy atom. The van der Waals surface area contributed by atoms with Crippen LogP contribution in [0.1, 0.15) is 24.1 Å². The van der Waals surface area contributed by atoms with Gasteiger partial charge in [0.15, 0.2) is 0 Å². The van der Waals surface area contributed by atoms with Crippen LogP contribution >= 0.6 is 11.8 Å². The Morgan fingerprint density at radius 2 is 1.74 bits per heavy atom. The Balaban J connectivity index is 1.23. The van der Waals surface area contributed by atoms with Crippen molar-refractivity contribution < 1.29 is 0 Å². The second-order valence-electron chi connectivity index (χ2n) is 7.45. The number of rotatable bonds is 3. The van der Waals surface area contributed by atoms with Crippen LogP contribution in [0.3, 0.4) is 0 Å². The first-order chi connectivity index (χ1) is 13.3. The topological polar surface area (TPSA) is 54.8 Å². The first kappa shape index (κ1) is 16.7. The van der Waals surface area contributed by atoms with Gasteiger partial charge >= 0.3 is 0 Å². The van der Waals surface area contributed by atoms with E-state index in [9.17, 15) is 0 Å². The minimum absolute atomic E-state index is 0.401. The van der Waals surface area contributed by atoms with Gasteiger partial charge in [0.2, 0.25) is 0 Å². The summed E-state index contributed by atoms with van der Waals surface area (Å²) in [5.74, 6) is 0.984. The fraction of sp³-hybridized carbons (Fsp3) is 0.333. The van der Waals surface area contributed by atoms with Crippen molar-refractivity contribution in [3.8, 4) is 0 Å². The molecule has 0 bridgehead atoms. The van der Waals surface area contributed by atoms with Gasteiger partial charge in [0.25, 0.3) is 0 Å². The molecule has 0 saturated carbocycles. The number of piperidine rings is 1. The molecule has 136 valence electrons. The Morgan fingerprint density at radius 3 is 2.48 bits per heavy atom. The second-order valence-corrected chi connectivity index (χ2v) is 8.54. The van der Waals surface area contributed by atoms with Crippen LogP contribution < -0.4 is 4.90 Å². The maximum Gasteiger partial charge on any atom is 0.147 e. The number of hydrogen-bond donors (Lipinski definition) is 0. The normalized spacial score (nSPS) is 17.9. The highest BCUT2D eigenvalue weighted by Crippen LogP contribution is 2.44. The first-order valence-electron chi connectivity index (χ1n) is 9.37. The van der Waals surface area contributed by atoms with Crippen molar-refractivity contribution in [2.24, 2.45) is 5.41 Å². The molecule has 3 aromatic rings. The first-order valence-corrected chi connectivity index (χ1v) is 10.2. The van der Waals surface area contributed by atoms with Crippen LogP contribution in [0.5, 0.6) is 0 Å². The standard InChI is InChI=1S/C21H21N5S/c1-2-16-12-21(13-18(16)23-7-1)5-10-26(11-6-21)19-14-25-20(15-24-19)27-17-3-8-22-9-4-17/h1-4,7-9,14-15H,5-6,10-13H2. The lowest BCUT2D eigenvalue weighted by molar-refractivity contribution is 0.231. The maximum atomic E-state index is 4.67. The van der Waals surface area contributed by atoms with Gasteiger partial charge in [-0.25, -0.2) is 9.97 Å². The van der Waals surface area contributed by atoms with E-state index in [-0.39, 0.29) is 0 Å². The number of anilines is 1. The van der Waals surface area contributed by atoms with E-state index in [1.54, 1.807) is 24.2 Å². The summed E-state index contributed by atoms with van der Waals surface area (Å²) in [6.45, 7) is 2.08. The second kappa shape index (κ2) is 6.93. The van der Waals surface area contributed by atoms with Crippen LogP contribution in [-0.4, -0.2) is 33.0 Å². The molecule has 27 heavy (non-hydrogen) atoms. The summed E-state index contributed by atoms with van der Waals surface area (Å²) in [6, 6.07) is 8.28. The van der Waals surface area contributed by atoms with Gasteiger partial charge < -0.3 is 4.90 Å². The average molecular weight is 376 g/mol. The minimum atomic E-state index is 0.401. The molecular formula is C21H21N5S. The van der Waals surface area contributed by atoms with E-state index in [1.165, 1.54) is 30.5 Å². The van der Waals surface area contributed by atoms with Crippen LogP contribution in [-0.2, 0) is 12.8 Å².